The van der Waals surface area contributed by atoms with E-state index in [0.717, 1.165) is 0 Å². The number of rotatable bonds is 0. The van der Waals surface area contributed by atoms with Gasteiger partial charge in [-0.05, 0) is 0 Å². The molecule has 1 heterocycles. The summed E-state index contributed by atoms with van der Waals surface area (Å²) in [4.78, 5) is 31.3. The fourth-order valence-corrected chi connectivity index (χ4v) is 1.28. The van der Waals surface area contributed by atoms with E-state index in [9.17, 15) is 19.0 Å². The SMILES string of the molecule is O=C1CCC(=O)OP(=O)([O-])O1.[Na+]. The minimum atomic E-state index is -4.69. The zero-order valence-electron chi connectivity index (χ0n) is 6.31. The van der Waals surface area contributed by atoms with Crippen LogP contribution in [-0.2, 0) is 23.2 Å². The van der Waals surface area contributed by atoms with Gasteiger partial charge in [0.1, 0.15) is 0 Å². The van der Waals surface area contributed by atoms with Crippen molar-refractivity contribution in [3.63, 3.8) is 0 Å². The van der Waals surface area contributed by atoms with Crippen LogP contribution in [0.3, 0.4) is 0 Å². The van der Waals surface area contributed by atoms with Gasteiger partial charge < -0.3 is 13.9 Å². The van der Waals surface area contributed by atoms with E-state index in [2.05, 4.69) is 9.05 Å². The molecule has 6 nitrogen and oxygen atoms in total. The summed E-state index contributed by atoms with van der Waals surface area (Å²) in [5, 5.41) is 0. The molecule has 1 aliphatic rings. The van der Waals surface area contributed by atoms with Crippen molar-refractivity contribution in [1.82, 2.24) is 0 Å². The smallest absolute Gasteiger partial charge is 0.736 e. The number of carbonyl (C=O) groups excluding carboxylic acids is 2. The van der Waals surface area contributed by atoms with Gasteiger partial charge in [0.05, 0.1) is 12.8 Å². The summed E-state index contributed by atoms with van der Waals surface area (Å²) in [7, 11) is -4.69. The van der Waals surface area contributed by atoms with E-state index >= 15 is 0 Å². The Morgan fingerprint density at radius 2 is 1.50 bits per heavy atom. The fraction of sp³-hybridized carbons (Fsp3) is 0.500. The maximum atomic E-state index is 10.4. The minimum Gasteiger partial charge on any atom is -0.736 e. The zero-order chi connectivity index (χ0) is 8.48. The van der Waals surface area contributed by atoms with Crippen LogP contribution in [0.15, 0.2) is 0 Å². The Bertz CT molecular complexity index is 228. The average molecular weight is 202 g/mol. The van der Waals surface area contributed by atoms with E-state index in [-0.39, 0.29) is 42.4 Å². The van der Waals surface area contributed by atoms with Crippen LogP contribution in [0.25, 0.3) is 0 Å². The Hall–Kier alpha value is 0.130. The van der Waals surface area contributed by atoms with Gasteiger partial charge in [-0.3, -0.25) is 9.59 Å². The summed E-state index contributed by atoms with van der Waals surface area (Å²) < 4.78 is 18.0. The van der Waals surface area contributed by atoms with E-state index in [1.807, 2.05) is 0 Å². The first-order valence-electron chi connectivity index (χ1n) is 2.75. The Balaban J connectivity index is 0.00000121. The third-order valence-corrected chi connectivity index (χ3v) is 1.81. The zero-order valence-corrected chi connectivity index (χ0v) is 9.21. The van der Waals surface area contributed by atoms with Gasteiger partial charge in [0, 0.05) is 0 Å². The van der Waals surface area contributed by atoms with Crippen LogP contribution in [0, 0.1) is 0 Å². The predicted molar refractivity (Wildman–Crippen MR) is 29.0 cm³/mol. The molecule has 0 radical (unpaired) electrons. The molecule has 0 amide bonds. The molecule has 0 aliphatic carbocycles. The molecule has 0 unspecified atom stereocenters. The molecule has 1 aliphatic heterocycles. The van der Waals surface area contributed by atoms with Crippen molar-refractivity contribution >= 4 is 19.8 Å². The molecule has 62 valence electrons. The second-order valence-electron chi connectivity index (χ2n) is 1.87. The van der Waals surface area contributed by atoms with Crippen LogP contribution < -0.4 is 34.5 Å². The standard InChI is InChI=1S/C4H5O6P.Na/c5-3-1-2-4(6)10-11(7,8)9-3;/h1-2H2,(H,7,8);/q;+1/p-1. The molecular formula is C4H4NaO6P. The predicted octanol–water partition coefficient (Wildman–Crippen LogP) is -3.66. The quantitative estimate of drug-likeness (QED) is 0.297. The third-order valence-electron chi connectivity index (χ3n) is 0.960. The van der Waals surface area contributed by atoms with Gasteiger partial charge >= 0.3 is 49.3 Å². The van der Waals surface area contributed by atoms with Crippen molar-refractivity contribution in [2.45, 2.75) is 12.8 Å². The number of hydrogen-bond acceptors (Lipinski definition) is 6. The molecule has 8 heteroatoms. The molecule has 0 spiro atoms. The molecule has 0 bridgehead atoms. The molecule has 12 heavy (non-hydrogen) atoms. The maximum absolute atomic E-state index is 10.4. The summed E-state index contributed by atoms with van der Waals surface area (Å²) in [5.41, 5.74) is 0. The molecule has 0 N–H and O–H groups in total. The van der Waals surface area contributed by atoms with Gasteiger partial charge in [0.25, 0.3) is 0 Å². The molecule has 1 fully saturated rings. The first-order valence-corrected chi connectivity index (χ1v) is 4.21. The molecule has 0 aromatic rings. The van der Waals surface area contributed by atoms with Gasteiger partial charge in [-0.25, -0.2) is 4.57 Å². The summed E-state index contributed by atoms with van der Waals surface area (Å²) in [5.74, 6) is -1.93. The Morgan fingerprint density at radius 3 is 1.83 bits per heavy atom. The monoisotopic (exact) mass is 202 g/mol. The van der Waals surface area contributed by atoms with Gasteiger partial charge in [0.2, 0.25) is 0 Å². The second-order valence-corrected chi connectivity index (χ2v) is 3.13. The number of phosphoric ester groups is 1. The van der Waals surface area contributed by atoms with Crippen LogP contribution in [0.5, 0.6) is 0 Å². The van der Waals surface area contributed by atoms with Crippen LogP contribution >= 0.6 is 7.82 Å². The number of carbonyl (C=O) groups is 2. The van der Waals surface area contributed by atoms with E-state index in [0.29, 0.717) is 0 Å². The maximum Gasteiger partial charge on any atom is 1.00 e. The van der Waals surface area contributed by atoms with Gasteiger partial charge in [-0.15, -0.1) is 0 Å². The van der Waals surface area contributed by atoms with Crippen LogP contribution in [0.4, 0.5) is 0 Å². The molecule has 0 aromatic carbocycles. The second kappa shape index (κ2) is 4.39. The molecule has 0 saturated carbocycles. The van der Waals surface area contributed by atoms with Crippen LogP contribution in [0.2, 0.25) is 0 Å². The van der Waals surface area contributed by atoms with E-state index < -0.39 is 19.8 Å². The van der Waals surface area contributed by atoms with E-state index in [1.54, 1.807) is 0 Å². The van der Waals surface area contributed by atoms with Gasteiger partial charge in [-0.1, -0.05) is 0 Å². The van der Waals surface area contributed by atoms with Crippen LogP contribution in [-0.4, -0.2) is 11.9 Å². The molecule has 1 saturated heterocycles. The van der Waals surface area contributed by atoms with Crippen molar-refractivity contribution < 1.29 is 57.7 Å². The third kappa shape index (κ3) is 3.69. The van der Waals surface area contributed by atoms with Crippen molar-refractivity contribution in [2.75, 3.05) is 0 Å². The average Bonchev–Trinajstić information content (AvgIpc) is 1.89. The van der Waals surface area contributed by atoms with Crippen LogP contribution in [0.1, 0.15) is 12.8 Å². The topological polar surface area (TPSA) is 92.7 Å². The fourth-order valence-electron chi connectivity index (χ4n) is 0.563. The summed E-state index contributed by atoms with van der Waals surface area (Å²) in [6.45, 7) is 0. The number of phosphoric acid groups is 1. The molecule has 0 aromatic heterocycles. The first-order chi connectivity index (χ1) is 4.99. The molecule has 0 atom stereocenters. The van der Waals surface area contributed by atoms with Gasteiger partial charge in [0.15, 0.2) is 0 Å². The van der Waals surface area contributed by atoms with E-state index in [4.69, 9.17) is 0 Å². The van der Waals surface area contributed by atoms with Gasteiger partial charge in [-0.2, -0.15) is 0 Å². The Kier molecular flexibility index (Phi) is 4.44. The van der Waals surface area contributed by atoms with Crippen molar-refractivity contribution in [3.05, 3.63) is 0 Å². The largest absolute Gasteiger partial charge is 1.00 e. The summed E-state index contributed by atoms with van der Waals surface area (Å²) >= 11 is 0. The number of hydrogen-bond donors (Lipinski definition) is 0. The van der Waals surface area contributed by atoms with E-state index in [1.165, 1.54) is 0 Å². The molecular weight excluding hydrogens is 198 g/mol. The van der Waals surface area contributed by atoms with Crippen molar-refractivity contribution in [2.24, 2.45) is 0 Å². The van der Waals surface area contributed by atoms with Crippen molar-refractivity contribution in [1.29, 1.82) is 0 Å². The molecule has 1 rings (SSSR count). The Labute approximate surface area is 90.1 Å². The normalized spacial score (nSPS) is 21.4. The Morgan fingerprint density at radius 1 is 1.17 bits per heavy atom. The summed E-state index contributed by atoms with van der Waals surface area (Å²) in [6, 6.07) is 0. The minimum absolute atomic E-state index is 0. The summed E-state index contributed by atoms with van der Waals surface area (Å²) in [6.07, 6.45) is -0.518. The first kappa shape index (κ1) is 12.1. The van der Waals surface area contributed by atoms with Crippen molar-refractivity contribution in [3.8, 4) is 0 Å².